The fourth-order valence-corrected chi connectivity index (χ4v) is 3.61. The van der Waals surface area contributed by atoms with E-state index in [0.717, 1.165) is 35.1 Å². The zero-order valence-corrected chi connectivity index (χ0v) is 18.4. The van der Waals surface area contributed by atoms with Crippen molar-refractivity contribution in [1.29, 1.82) is 0 Å². The highest BCUT2D eigenvalue weighted by molar-refractivity contribution is 5.95. The Labute approximate surface area is 185 Å². The largest absolute Gasteiger partial charge is 0.434 e. The maximum atomic E-state index is 13.9. The number of rotatable bonds is 8. The second kappa shape index (κ2) is 9.99. The minimum atomic E-state index is -4.74. The number of para-hydroxylation sites is 1. The summed E-state index contributed by atoms with van der Waals surface area (Å²) in [6, 6.07) is 14.2. The average molecular weight is 445 g/mol. The number of carbonyl (C=O) groups excluding carboxylic acids is 1. The first-order valence-corrected chi connectivity index (χ1v) is 10.5. The topological polar surface area (TPSA) is 50.2 Å². The molecule has 32 heavy (non-hydrogen) atoms. The zero-order chi connectivity index (χ0) is 23.3. The van der Waals surface area contributed by atoms with Gasteiger partial charge in [-0.05, 0) is 42.8 Å². The molecule has 1 amide bonds. The molecule has 0 aliphatic carbocycles. The summed E-state index contributed by atoms with van der Waals surface area (Å²) in [4.78, 5) is 15.0. The number of halogens is 3. The van der Waals surface area contributed by atoms with Crippen molar-refractivity contribution < 1.29 is 18.0 Å². The molecule has 2 aromatic carbocycles. The Morgan fingerprint density at radius 1 is 1.03 bits per heavy atom. The molecule has 1 aromatic heterocycles. The van der Waals surface area contributed by atoms with Gasteiger partial charge in [-0.1, -0.05) is 56.3 Å². The highest BCUT2D eigenvalue weighted by Crippen LogP contribution is 2.34. The van der Waals surface area contributed by atoms with Crippen LogP contribution in [0.1, 0.15) is 46.6 Å². The van der Waals surface area contributed by atoms with Gasteiger partial charge in [0.15, 0.2) is 5.69 Å². The fourth-order valence-electron chi connectivity index (χ4n) is 3.61. The van der Waals surface area contributed by atoms with E-state index in [1.54, 1.807) is 31.2 Å². The third kappa shape index (κ3) is 5.19. The van der Waals surface area contributed by atoms with Crippen molar-refractivity contribution in [2.45, 2.75) is 40.0 Å². The van der Waals surface area contributed by atoms with E-state index in [1.165, 1.54) is 0 Å². The van der Waals surface area contributed by atoms with E-state index < -0.39 is 23.3 Å². The maximum Gasteiger partial charge on any atom is 0.434 e. The maximum absolute atomic E-state index is 13.9. The van der Waals surface area contributed by atoms with Gasteiger partial charge in [0.05, 0.1) is 17.4 Å². The van der Waals surface area contributed by atoms with Crippen molar-refractivity contribution in [3.05, 3.63) is 82.7 Å². The Morgan fingerprint density at radius 2 is 1.66 bits per heavy atom. The fraction of sp³-hybridized carbons (Fsp3) is 0.333. The molecule has 0 spiro atoms. The van der Waals surface area contributed by atoms with Crippen LogP contribution in [0.5, 0.6) is 0 Å². The Balaban J connectivity index is 1.87. The number of benzene rings is 2. The molecule has 0 unspecified atom stereocenters. The molecular formula is C24H27F3N4O. The predicted molar refractivity (Wildman–Crippen MR) is 118 cm³/mol. The van der Waals surface area contributed by atoms with Crippen molar-refractivity contribution in [3.63, 3.8) is 0 Å². The van der Waals surface area contributed by atoms with Crippen molar-refractivity contribution in [2.75, 3.05) is 13.1 Å². The number of nitrogens with one attached hydrogen (secondary N) is 1. The van der Waals surface area contributed by atoms with Gasteiger partial charge in [-0.2, -0.15) is 18.3 Å². The second-order valence-corrected chi connectivity index (χ2v) is 7.52. The minimum Gasteiger partial charge on any atom is -0.348 e. The molecule has 0 fully saturated rings. The number of alkyl halides is 3. The summed E-state index contributed by atoms with van der Waals surface area (Å²) in [7, 11) is 0. The molecule has 0 aliphatic rings. The first-order valence-electron chi connectivity index (χ1n) is 10.5. The van der Waals surface area contributed by atoms with Crippen LogP contribution in [0.3, 0.4) is 0 Å². The SMILES string of the molecule is CCN(CC)Cc1ccccc1CNC(=O)c1cnn(-c2ccccc2C)c1C(F)(F)F. The van der Waals surface area contributed by atoms with Gasteiger partial charge in [0.2, 0.25) is 0 Å². The van der Waals surface area contributed by atoms with Gasteiger partial charge in [0.1, 0.15) is 0 Å². The van der Waals surface area contributed by atoms with Crippen LogP contribution in [0.25, 0.3) is 5.69 Å². The van der Waals surface area contributed by atoms with Crippen LogP contribution in [0.15, 0.2) is 54.7 Å². The van der Waals surface area contributed by atoms with E-state index in [1.807, 2.05) is 24.3 Å². The lowest BCUT2D eigenvalue weighted by Crippen LogP contribution is -2.28. The van der Waals surface area contributed by atoms with Crippen molar-refractivity contribution in [3.8, 4) is 5.69 Å². The van der Waals surface area contributed by atoms with Crippen LogP contribution < -0.4 is 5.32 Å². The highest BCUT2D eigenvalue weighted by atomic mass is 19.4. The first kappa shape index (κ1) is 23.5. The lowest BCUT2D eigenvalue weighted by atomic mass is 10.1. The molecule has 1 heterocycles. The average Bonchev–Trinajstić information content (AvgIpc) is 3.22. The van der Waals surface area contributed by atoms with Crippen LogP contribution in [-0.2, 0) is 19.3 Å². The van der Waals surface area contributed by atoms with Crippen molar-refractivity contribution in [1.82, 2.24) is 20.0 Å². The van der Waals surface area contributed by atoms with E-state index in [4.69, 9.17) is 0 Å². The minimum absolute atomic E-state index is 0.128. The van der Waals surface area contributed by atoms with Gasteiger partial charge in [0.25, 0.3) is 5.91 Å². The molecule has 0 radical (unpaired) electrons. The summed E-state index contributed by atoms with van der Waals surface area (Å²) >= 11 is 0. The summed E-state index contributed by atoms with van der Waals surface area (Å²) in [6.45, 7) is 8.43. The standard InChI is InChI=1S/C24H27F3N4O/c1-4-30(5-2)16-19-12-8-7-11-18(19)14-28-23(32)20-15-29-31(22(20)24(25,26)27)21-13-9-6-10-17(21)3/h6-13,15H,4-5,14,16H2,1-3H3,(H,28,32). The third-order valence-corrected chi connectivity index (χ3v) is 5.47. The van der Waals surface area contributed by atoms with E-state index in [2.05, 4.69) is 29.2 Å². The van der Waals surface area contributed by atoms with Crippen LogP contribution >= 0.6 is 0 Å². The quantitative estimate of drug-likeness (QED) is 0.534. The smallest absolute Gasteiger partial charge is 0.348 e. The normalized spacial score (nSPS) is 11.7. The molecule has 0 aliphatic heterocycles. The number of aryl methyl sites for hydroxylation is 1. The molecule has 3 aromatic rings. The Kier molecular flexibility index (Phi) is 7.35. The summed E-state index contributed by atoms with van der Waals surface area (Å²) in [5.74, 6) is -0.810. The Morgan fingerprint density at radius 3 is 2.28 bits per heavy atom. The molecule has 0 saturated heterocycles. The van der Waals surface area contributed by atoms with Crippen LogP contribution in [0.2, 0.25) is 0 Å². The van der Waals surface area contributed by atoms with E-state index in [0.29, 0.717) is 12.1 Å². The van der Waals surface area contributed by atoms with Gasteiger partial charge >= 0.3 is 6.18 Å². The van der Waals surface area contributed by atoms with E-state index in [9.17, 15) is 18.0 Å². The summed E-state index contributed by atoms with van der Waals surface area (Å²) in [5, 5.41) is 6.54. The van der Waals surface area contributed by atoms with Crippen molar-refractivity contribution >= 4 is 5.91 Å². The second-order valence-electron chi connectivity index (χ2n) is 7.52. The lowest BCUT2D eigenvalue weighted by molar-refractivity contribution is -0.143. The summed E-state index contributed by atoms with van der Waals surface area (Å²) < 4.78 is 42.6. The molecule has 0 saturated carbocycles. The van der Waals surface area contributed by atoms with Crippen molar-refractivity contribution in [2.24, 2.45) is 0 Å². The van der Waals surface area contributed by atoms with Gasteiger partial charge < -0.3 is 5.32 Å². The number of nitrogens with zero attached hydrogens (tertiary/aromatic N) is 3. The summed E-state index contributed by atoms with van der Waals surface area (Å²) in [5.41, 5.74) is 1.22. The molecule has 0 atom stereocenters. The van der Waals surface area contributed by atoms with Gasteiger partial charge in [-0.25, -0.2) is 4.68 Å². The number of hydrogen-bond donors (Lipinski definition) is 1. The Bertz CT molecular complexity index is 1070. The molecule has 3 rings (SSSR count). The van der Waals surface area contributed by atoms with Crippen LogP contribution in [-0.4, -0.2) is 33.7 Å². The van der Waals surface area contributed by atoms with E-state index in [-0.39, 0.29) is 12.2 Å². The van der Waals surface area contributed by atoms with Gasteiger partial charge in [-0.15, -0.1) is 0 Å². The molecule has 1 N–H and O–H groups in total. The lowest BCUT2D eigenvalue weighted by Gasteiger charge is -2.20. The predicted octanol–water partition coefficient (Wildman–Crippen LogP) is 4.97. The number of carbonyl (C=O) groups is 1. The van der Waals surface area contributed by atoms with Crippen LogP contribution in [0, 0.1) is 6.92 Å². The third-order valence-electron chi connectivity index (χ3n) is 5.47. The van der Waals surface area contributed by atoms with E-state index >= 15 is 0 Å². The number of amides is 1. The van der Waals surface area contributed by atoms with Gasteiger partial charge in [-0.3, -0.25) is 9.69 Å². The van der Waals surface area contributed by atoms with Crippen LogP contribution in [0.4, 0.5) is 13.2 Å². The highest BCUT2D eigenvalue weighted by Gasteiger charge is 2.40. The molecule has 5 nitrogen and oxygen atoms in total. The number of hydrogen-bond acceptors (Lipinski definition) is 3. The molecular weight excluding hydrogens is 417 g/mol. The molecule has 170 valence electrons. The number of aromatic nitrogens is 2. The molecule has 8 heteroatoms. The first-order chi connectivity index (χ1) is 15.3. The van der Waals surface area contributed by atoms with Gasteiger partial charge in [0, 0.05) is 13.1 Å². The Hall–Kier alpha value is -3.13. The summed E-state index contributed by atoms with van der Waals surface area (Å²) in [6.07, 6.45) is -3.77. The molecule has 0 bridgehead atoms. The monoisotopic (exact) mass is 444 g/mol. The zero-order valence-electron chi connectivity index (χ0n) is 18.4.